The number of nitrogens with zero attached hydrogens (tertiary/aromatic N) is 1. The number of hydrogen-bond acceptors (Lipinski definition) is 4. The summed E-state index contributed by atoms with van der Waals surface area (Å²) in [6.45, 7) is 3.82. The van der Waals surface area contributed by atoms with Gasteiger partial charge in [0.1, 0.15) is 12.3 Å². The predicted molar refractivity (Wildman–Crippen MR) is 54.1 cm³/mol. The SMILES string of the molecule is CC(C)OCC(=O)c1ccc(N)cn1. The van der Waals surface area contributed by atoms with Gasteiger partial charge in [-0.3, -0.25) is 9.78 Å². The number of nitrogen functional groups attached to an aromatic ring is 1. The highest BCUT2D eigenvalue weighted by Crippen LogP contribution is 2.02. The normalized spacial score (nSPS) is 10.5. The fourth-order valence-corrected chi connectivity index (χ4v) is 0.887. The third kappa shape index (κ3) is 3.14. The molecule has 0 fully saturated rings. The number of rotatable bonds is 4. The Kier molecular flexibility index (Phi) is 3.59. The molecule has 0 atom stereocenters. The van der Waals surface area contributed by atoms with E-state index in [2.05, 4.69) is 4.98 Å². The molecule has 0 saturated carbocycles. The number of ether oxygens (including phenoxy) is 1. The second kappa shape index (κ2) is 4.72. The van der Waals surface area contributed by atoms with Gasteiger partial charge in [-0.15, -0.1) is 0 Å². The summed E-state index contributed by atoms with van der Waals surface area (Å²) in [5, 5.41) is 0. The zero-order valence-corrected chi connectivity index (χ0v) is 8.36. The molecule has 0 bridgehead atoms. The number of Topliss-reactive ketones (excluding diaryl/α,β-unsaturated/α-hetero) is 1. The monoisotopic (exact) mass is 194 g/mol. The van der Waals surface area contributed by atoms with E-state index in [0.717, 1.165) is 0 Å². The molecule has 0 saturated heterocycles. The molecular formula is C10H14N2O2. The largest absolute Gasteiger partial charge is 0.397 e. The van der Waals surface area contributed by atoms with Crippen molar-refractivity contribution in [3.05, 3.63) is 24.0 Å². The molecule has 0 amide bonds. The number of carbonyl (C=O) groups is 1. The summed E-state index contributed by atoms with van der Waals surface area (Å²) in [5.74, 6) is -0.126. The molecule has 4 nitrogen and oxygen atoms in total. The van der Waals surface area contributed by atoms with E-state index >= 15 is 0 Å². The van der Waals surface area contributed by atoms with Gasteiger partial charge in [0, 0.05) is 0 Å². The molecule has 1 aromatic heterocycles. The number of aromatic nitrogens is 1. The lowest BCUT2D eigenvalue weighted by Crippen LogP contribution is -2.14. The van der Waals surface area contributed by atoms with Crippen LogP contribution in [-0.4, -0.2) is 23.5 Å². The van der Waals surface area contributed by atoms with Crippen molar-refractivity contribution in [2.75, 3.05) is 12.3 Å². The first-order valence-corrected chi connectivity index (χ1v) is 4.46. The summed E-state index contributed by atoms with van der Waals surface area (Å²) in [6.07, 6.45) is 1.51. The summed E-state index contributed by atoms with van der Waals surface area (Å²) >= 11 is 0. The van der Waals surface area contributed by atoms with Crippen LogP contribution in [0.2, 0.25) is 0 Å². The molecule has 0 aliphatic rings. The van der Waals surface area contributed by atoms with E-state index in [4.69, 9.17) is 10.5 Å². The molecule has 0 unspecified atom stereocenters. The molecule has 4 heteroatoms. The van der Waals surface area contributed by atoms with Gasteiger partial charge in [0.2, 0.25) is 5.78 Å². The molecule has 0 radical (unpaired) electrons. The van der Waals surface area contributed by atoms with E-state index in [-0.39, 0.29) is 18.5 Å². The van der Waals surface area contributed by atoms with Gasteiger partial charge in [-0.25, -0.2) is 0 Å². The third-order valence-corrected chi connectivity index (χ3v) is 1.62. The van der Waals surface area contributed by atoms with Crippen LogP contribution >= 0.6 is 0 Å². The Bertz CT molecular complexity index is 306. The summed E-state index contributed by atoms with van der Waals surface area (Å²) in [4.78, 5) is 15.3. The Labute approximate surface area is 83.1 Å². The van der Waals surface area contributed by atoms with Crippen molar-refractivity contribution in [3.63, 3.8) is 0 Å². The van der Waals surface area contributed by atoms with Crippen LogP contribution in [0.3, 0.4) is 0 Å². The second-order valence-electron chi connectivity index (χ2n) is 3.26. The average Bonchev–Trinajstić information content (AvgIpc) is 2.15. The maximum absolute atomic E-state index is 11.4. The van der Waals surface area contributed by atoms with E-state index in [0.29, 0.717) is 11.4 Å². The van der Waals surface area contributed by atoms with Gasteiger partial charge in [-0.1, -0.05) is 0 Å². The first-order valence-electron chi connectivity index (χ1n) is 4.46. The highest BCUT2D eigenvalue weighted by Gasteiger charge is 2.07. The van der Waals surface area contributed by atoms with E-state index < -0.39 is 0 Å². The van der Waals surface area contributed by atoms with Gasteiger partial charge < -0.3 is 10.5 Å². The van der Waals surface area contributed by atoms with Crippen LogP contribution in [0.25, 0.3) is 0 Å². The fourth-order valence-electron chi connectivity index (χ4n) is 0.887. The Morgan fingerprint density at radius 3 is 2.79 bits per heavy atom. The second-order valence-corrected chi connectivity index (χ2v) is 3.26. The molecular weight excluding hydrogens is 180 g/mol. The number of hydrogen-bond donors (Lipinski definition) is 1. The molecule has 0 aromatic carbocycles. The van der Waals surface area contributed by atoms with E-state index in [9.17, 15) is 4.79 Å². The quantitative estimate of drug-likeness (QED) is 0.733. The zero-order valence-electron chi connectivity index (χ0n) is 8.36. The van der Waals surface area contributed by atoms with Gasteiger partial charge in [0.05, 0.1) is 18.0 Å². The molecule has 0 aliphatic carbocycles. The third-order valence-electron chi connectivity index (χ3n) is 1.62. The Hall–Kier alpha value is -1.42. The lowest BCUT2D eigenvalue weighted by molar-refractivity contribution is 0.0580. The van der Waals surface area contributed by atoms with E-state index in [1.165, 1.54) is 6.20 Å². The Balaban J connectivity index is 2.57. The van der Waals surface area contributed by atoms with Gasteiger partial charge in [-0.2, -0.15) is 0 Å². The Morgan fingerprint density at radius 2 is 2.29 bits per heavy atom. The van der Waals surface area contributed by atoms with Crippen LogP contribution in [0.15, 0.2) is 18.3 Å². The summed E-state index contributed by atoms with van der Waals surface area (Å²) in [7, 11) is 0. The smallest absolute Gasteiger partial charge is 0.206 e. The number of pyridine rings is 1. The molecule has 1 rings (SSSR count). The van der Waals surface area contributed by atoms with Gasteiger partial charge in [0.15, 0.2) is 0 Å². The highest BCUT2D eigenvalue weighted by atomic mass is 16.5. The van der Waals surface area contributed by atoms with Crippen molar-refractivity contribution < 1.29 is 9.53 Å². The minimum atomic E-state index is -0.126. The van der Waals surface area contributed by atoms with Crippen LogP contribution in [0, 0.1) is 0 Å². The molecule has 2 N–H and O–H groups in total. The minimum absolute atomic E-state index is 0.0488. The molecule has 0 spiro atoms. The predicted octanol–water partition coefficient (Wildman–Crippen LogP) is 1.27. The van der Waals surface area contributed by atoms with Crippen LogP contribution in [0.5, 0.6) is 0 Å². The van der Waals surface area contributed by atoms with E-state index in [1.54, 1.807) is 12.1 Å². The lowest BCUT2D eigenvalue weighted by Gasteiger charge is -2.05. The van der Waals surface area contributed by atoms with Crippen molar-refractivity contribution in [2.24, 2.45) is 0 Å². The van der Waals surface area contributed by atoms with Crippen molar-refractivity contribution in [2.45, 2.75) is 20.0 Å². The minimum Gasteiger partial charge on any atom is -0.397 e. The number of carbonyl (C=O) groups excluding carboxylic acids is 1. The van der Waals surface area contributed by atoms with Crippen molar-refractivity contribution >= 4 is 11.5 Å². The zero-order chi connectivity index (χ0) is 10.6. The van der Waals surface area contributed by atoms with Crippen molar-refractivity contribution in [3.8, 4) is 0 Å². The first-order chi connectivity index (χ1) is 6.59. The lowest BCUT2D eigenvalue weighted by atomic mass is 10.2. The Morgan fingerprint density at radius 1 is 1.57 bits per heavy atom. The fraction of sp³-hybridized carbons (Fsp3) is 0.400. The molecule has 0 aliphatic heterocycles. The van der Waals surface area contributed by atoms with Gasteiger partial charge >= 0.3 is 0 Å². The first kappa shape index (κ1) is 10.7. The summed E-state index contributed by atoms with van der Waals surface area (Å²) in [5.41, 5.74) is 6.38. The van der Waals surface area contributed by atoms with Crippen molar-refractivity contribution in [1.29, 1.82) is 0 Å². The van der Waals surface area contributed by atoms with Crippen LogP contribution in [-0.2, 0) is 4.74 Å². The van der Waals surface area contributed by atoms with Gasteiger partial charge in [0.25, 0.3) is 0 Å². The summed E-state index contributed by atoms with van der Waals surface area (Å²) < 4.78 is 5.17. The van der Waals surface area contributed by atoms with Gasteiger partial charge in [-0.05, 0) is 26.0 Å². The van der Waals surface area contributed by atoms with Crippen LogP contribution in [0.4, 0.5) is 5.69 Å². The van der Waals surface area contributed by atoms with Crippen molar-refractivity contribution in [1.82, 2.24) is 4.98 Å². The number of ketones is 1. The van der Waals surface area contributed by atoms with Crippen LogP contribution < -0.4 is 5.73 Å². The van der Waals surface area contributed by atoms with Crippen LogP contribution in [0.1, 0.15) is 24.3 Å². The molecule has 14 heavy (non-hydrogen) atoms. The van der Waals surface area contributed by atoms with E-state index in [1.807, 2.05) is 13.8 Å². The molecule has 76 valence electrons. The molecule has 1 aromatic rings. The average molecular weight is 194 g/mol. The number of nitrogens with two attached hydrogens (primary N) is 1. The summed E-state index contributed by atoms with van der Waals surface area (Å²) in [6, 6.07) is 3.25. The standard InChI is InChI=1S/C10H14N2O2/c1-7(2)14-6-10(13)9-4-3-8(11)5-12-9/h3-5,7H,6,11H2,1-2H3. The highest BCUT2D eigenvalue weighted by molar-refractivity contribution is 5.95. The maximum Gasteiger partial charge on any atom is 0.206 e. The molecule has 1 heterocycles. The number of anilines is 1. The topological polar surface area (TPSA) is 65.2 Å². The maximum atomic E-state index is 11.4.